The zero-order valence-electron chi connectivity index (χ0n) is 20.4. The Kier molecular flexibility index (Phi) is 7.97. The number of likely N-dealkylation sites (N-methyl/N-ethyl adjacent to an activating group) is 1. The summed E-state index contributed by atoms with van der Waals surface area (Å²) >= 11 is 0. The van der Waals surface area contributed by atoms with E-state index in [0.29, 0.717) is 17.6 Å². The highest BCUT2D eigenvalue weighted by molar-refractivity contribution is 5.84. The van der Waals surface area contributed by atoms with Crippen LogP contribution in [0.15, 0.2) is 21.7 Å². The topological polar surface area (TPSA) is 180 Å². The van der Waals surface area contributed by atoms with Crippen molar-refractivity contribution in [1.82, 2.24) is 29.3 Å². The smallest absolute Gasteiger partial charge is 0.349 e. The Hall–Kier alpha value is -2.94. The highest BCUT2D eigenvalue weighted by Gasteiger charge is 2.27. The minimum atomic E-state index is -1.67. The maximum Gasteiger partial charge on any atom is 0.349 e. The van der Waals surface area contributed by atoms with Gasteiger partial charge in [0.25, 0.3) is 5.56 Å². The monoisotopic (exact) mass is 503 g/mol. The molecule has 0 radical (unpaired) electrons. The van der Waals surface area contributed by atoms with Crippen LogP contribution in [-0.4, -0.2) is 121 Å². The molecule has 0 spiro atoms. The number of benzene rings is 1. The van der Waals surface area contributed by atoms with Crippen LogP contribution >= 0.6 is 0 Å². The fourth-order valence-corrected chi connectivity index (χ4v) is 4.40. The predicted octanol–water partition coefficient (Wildman–Crippen LogP) is -2.37. The second-order valence-corrected chi connectivity index (χ2v) is 9.30. The van der Waals surface area contributed by atoms with E-state index in [1.54, 1.807) is 12.1 Å². The molecule has 196 valence electrons. The van der Waals surface area contributed by atoms with Gasteiger partial charge in [0.05, 0.1) is 24.2 Å². The minimum absolute atomic E-state index is 0.0618. The zero-order valence-corrected chi connectivity index (χ0v) is 20.4. The molecule has 13 heteroatoms. The third-order valence-electron chi connectivity index (χ3n) is 6.64. The van der Waals surface area contributed by atoms with E-state index in [9.17, 15) is 24.9 Å². The van der Waals surface area contributed by atoms with Crippen LogP contribution in [0.2, 0.25) is 0 Å². The van der Waals surface area contributed by atoms with Gasteiger partial charge in [-0.15, -0.1) is 0 Å². The van der Waals surface area contributed by atoms with Gasteiger partial charge >= 0.3 is 5.69 Å². The summed E-state index contributed by atoms with van der Waals surface area (Å²) in [6.07, 6.45) is -4.77. The molecule has 0 aromatic heterocycles. The van der Waals surface area contributed by atoms with Crippen molar-refractivity contribution < 1.29 is 20.4 Å². The number of aliphatic hydroxyl groups excluding tert-OH is 4. The summed E-state index contributed by atoms with van der Waals surface area (Å²) in [7, 11) is 2.11. The number of anilines is 1. The molecule has 1 aromatic carbocycles. The Bertz CT molecular complexity index is 1290. The van der Waals surface area contributed by atoms with Crippen LogP contribution in [0.4, 0.5) is 5.69 Å². The zero-order chi connectivity index (χ0) is 26.0. The van der Waals surface area contributed by atoms with Crippen LogP contribution in [0.3, 0.4) is 0 Å². The molecule has 0 saturated carbocycles. The van der Waals surface area contributed by atoms with Crippen molar-refractivity contribution in [1.29, 1.82) is 0 Å². The predicted molar refractivity (Wildman–Crippen MR) is 133 cm³/mol. The largest absolute Gasteiger partial charge is 0.394 e. The summed E-state index contributed by atoms with van der Waals surface area (Å²) in [4.78, 5) is 39.5. The van der Waals surface area contributed by atoms with Crippen molar-refractivity contribution in [3.63, 3.8) is 0 Å². The highest BCUT2D eigenvalue weighted by Crippen LogP contribution is 2.27. The maximum absolute atomic E-state index is 12.5. The number of fused-ring (bicyclic) bond motifs is 2. The summed E-state index contributed by atoms with van der Waals surface area (Å²) in [6.45, 7) is 6.47. The molecule has 0 aliphatic carbocycles. The van der Waals surface area contributed by atoms with Crippen LogP contribution in [-0.2, 0) is 6.54 Å². The van der Waals surface area contributed by atoms with Crippen LogP contribution < -0.4 is 16.6 Å². The van der Waals surface area contributed by atoms with E-state index in [1.807, 2.05) is 6.92 Å². The lowest BCUT2D eigenvalue weighted by molar-refractivity contribution is -0.0802. The second kappa shape index (κ2) is 11.0. The van der Waals surface area contributed by atoms with E-state index in [2.05, 4.69) is 37.1 Å². The molecule has 36 heavy (non-hydrogen) atoms. The van der Waals surface area contributed by atoms with Gasteiger partial charge in [0.15, 0.2) is 11.5 Å². The molecule has 1 aromatic rings. The lowest BCUT2D eigenvalue weighted by Crippen LogP contribution is -2.45. The Morgan fingerprint density at radius 2 is 1.81 bits per heavy atom. The van der Waals surface area contributed by atoms with Crippen LogP contribution in [0.5, 0.6) is 0 Å². The molecule has 3 aliphatic rings. The molecule has 0 amide bonds. The molecule has 6 N–H and O–H groups in total. The molecule has 3 heterocycles. The Balaban J connectivity index is 1.70. The maximum atomic E-state index is 12.5. The number of piperazine rings is 1. The molecule has 4 rings (SSSR count). The van der Waals surface area contributed by atoms with Crippen molar-refractivity contribution in [2.45, 2.75) is 31.8 Å². The summed E-state index contributed by atoms with van der Waals surface area (Å²) in [6, 6.07) is 3.59. The molecular formula is C23H33N7O6. The summed E-state index contributed by atoms with van der Waals surface area (Å²) in [5.41, 5.74) is 0.909. The lowest BCUT2D eigenvalue weighted by Gasteiger charge is -2.32. The number of aromatic amines is 1. The minimum Gasteiger partial charge on any atom is -0.394 e. The molecular weight excluding hydrogens is 470 g/mol. The van der Waals surface area contributed by atoms with Gasteiger partial charge in [0.1, 0.15) is 18.3 Å². The molecule has 0 bridgehead atoms. The molecule has 3 atom stereocenters. The number of aryl methyl sites for hydroxylation is 1. The van der Waals surface area contributed by atoms with E-state index in [-0.39, 0.29) is 18.1 Å². The number of hydrogen-bond donors (Lipinski definition) is 6. The van der Waals surface area contributed by atoms with Crippen LogP contribution in [0.1, 0.15) is 5.56 Å². The Morgan fingerprint density at radius 3 is 2.50 bits per heavy atom. The average Bonchev–Trinajstić information content (AvgIpc) is 2.85. The molecule has 1 fully saturated rings. The first-order chi connectivity index (χ1) is 17.2. The number of hydrogen-bond acceptors (Lipinski definition) is 11. The van der Waals surface area contributed by atoms with Gasteiger partial charge in [-0.05, 0) is 31.7 Å². The third kappa shape index (κ3) is 5.56. The Labute approximate surface area is 207 Å². The van der Waals surface area contributed by atoms with Gasteiger partial charge in [-0.3, -0.25) is 14.7 Å². The normalized spacial score (nSPS) is 17.9. The average molecular weight is 504 g/mol. The number of aromatic nitrogens is 4. The first-order valence-electron chi connectivity index (χ1n) is 11.9. The fraction of sp³-hybridized carbons (Fsp3) is 0.565. The summed E-state index contributed by atoms with van der Waals surface area (Å²) in [5, 5.41) is 43.1. The van der Waals surface area contributed by atoms with E-state index >= 15 is 0 Å². The van der Waals surface area contributed by atoms with Crippen molar-refractivity contribution in [3.05, 3.63) is 38.5 Å². The van der Waals surface area contributed by atoms with Gasteiger partial charge in [-0.1, -0.05) is 0 Å². The van der Waals surface area contributed by atoms with Gasteiger partial charge < -0.3 is 35.2 Å². The molecule has 3 unspecified atom stereocenters. The first-order valence-corrected chi connectivity index (χ1v) is 11.9. The van der Waals surface area contributed by atoms with Crippen molar-refractivity contribution >= 4 is 16.7 Å². The third-order valence-corrected chi connectivity index (χ3v) is 6.64. The summed E-state index contributed by atoms with van der Waals surface area (Å²) < 4.78 is 1.43. The Morgan fingerprint density at radius 1 is 1.08 bits per heavy atom. The van der Waals surface area contributed by atoms with Gasteiger partial charge in [0, 0.05) is 45.0 Å². The number of nitrogens with one attached hydrogen (secondary N) is 2. The van der Waals surface area contributed by atoms with Gasteiger partial charge in [-0.2, -0.15) is 4.98 Å². The van der Waals surface area contributed by atoms with E-state index in [1.165, 1.54) is 4.57 Å². The number of aliphatic hydroxyl groups is 4. The molecule has 1 saturated heterocycles. The van der Waals surface area contributed by atoms with Crippen molar-refractivity contribution in [3.8, 4) is 11.5 Å². The number of rotatable bonds is 9. The first kappa shape index (κ1) is 26.1. The van der Waals surface area contributed by atoms with Crippen molar-refractivity contribution in [2.75, 3.05) is 58.2 Å². The standard InChI is InChI=1S/C23H33N7O6/c1-13-9-15-16(10-14(13)24-3-4-29-7-5-28(2)6-8-29)30(11-17(32)20(34)18(33)12-31)21-19(25-15)22(35)27-23(36)26-21/h9-10,17-18,20,24,31-34H,3-8,11-12H2,1-2H3,(H,27,35,36). The van der Waals surface area contributed by atoms with Crippen molar-refractivity contribution in [2.24, 2.45) is 0 Å². The van der Waals surface area contributed by atoms with E-state index < -0.39 is 36.2 Å². The second-order valence-electron chi connectivity index (χ2n) is 9.30. The van der Waals surface area contributed by atoms with E-state index in [0.717, 1.165) is 44.0 Å². The van der Waals surface area contributed by atoms with Crippen LogP contribution in [0.25, 0.3) is 22.6 Å². The molecule has 13 nitrogen and oxygen atoms in total. The highest BCUT2D eigenvalue weighted by atomic mass is 16.4. The summed E-state index contributed by atoms with van der Waals surface area (Å²) in [5.74, 6) is -0.0618. The lowest BCUT2D eigenvalue weighted by atomic mass is 10.1. The quantitative estimate of drug-likeness (QED) is 0.172. The van der Waals surface area contributed by atoms with Crippen LogP contribution in [0, 0.1) is 6.92 Å². The SMILES string of the molecule is Cc1cc2nc3c(=O)[nH]c(=O)nc-3n(CC(O)C(O)C(O)CO)c2cc1NCCN1CCN(C)CC1. The van der Waals surface area contributed by atoms with E-state index in [4.69, 9.17) is 5.11 Å². The fourth-order valence-electron chi connectivity index (χ4n) is 4.40. The van der Waals surface area contributed by atoms with Gasteiger partial charge in [0.2, 0.25) is 0 Å². The van der Waals surface area contributed by atoms with Gasteiger partial charge in [-0.25, -0.2) is 9.78 Å². The number of nitrogens with zero attached hydrogens (tertiary/aromatic N) is 5. The number of H-pyrrole nitrogens is 1. The molecule has 3 aliphatic heterocycles.